The highest BCUT2D eigenvalue weighted by Gasteiger charge is 2.07. The predicted octanol–water partition coefficient (Wildman–Crippen LogP) is 5.40. The Hall–Kier alpha value is -1.65. The summed E-state index contributed by atoms with van der Waals surface area (Å²) in [6, 6.07) is 12.1. The molecule has 2 aromatic carbocycles. The molecule has 0 radical (unpaired) electrons. The van der Waals surface area contributed by atoms with E-state index in [9.17, 15) is 4.39 Å². The molecule has 0 saturated carbocycles. The number of pyridine rings is 1. The second-order valence-electron chi connectivity index (χ2n) is 4.58. The number of nitrogens with zero attached hydrogens (tertiary/aromatic N) is 1. The Morgan fingerprint density at radius 2 is 2.05 bits per heavy atom. The number of hydrogen-bond acceptors (Lipinski definition) is 2. The molecule has 1 aromatic heterocycles. The first-order valence-corrected chi connectivity index (χ1v) is 7.53. The molecule has 1 N–H and O–H groups in total. The zero-order valence-electron chi connectivity index (χ0n) is 10.9. The number of nitrogens with one attached hydrogen (secondary N) is 1. The molecule has 0 spiro atoms. The summed E-state index contributed by atoms with van der Waals surface area (Å²) in [4.78, 5) is 4.36. The van der Waals surface area contributed by atoms with E-state index in [0.29, 0.717) is 11.6 Å². The van der Waals surface area contributed by atoms with Gasteiger partial charge in [0.25, 0.3) is 0 Å². The summed E-state index contributed by atoms with van der Waals surface area (Å²) in [6.07, 6.45) is 1.72. The topological polar surface area (TPSA) is 24.9 Å². The first-order valence-electron chi connectivity index (χ1n) is 6.36. The van der Waals surface area contributed by atoms with Gasteiger partial charge in [-0.2, -0.15) is 0 Å². The molecular weight excluding hydrogens is 355 g/mol. The molecule has 2 nitrogen and oxygen atoms in total. The van der Waals surface area contributed by atoms with Gasteiger partial charge in [0.15, 0.2) is 0 Å². The summed E-state index contributed by atoms with van der Waals surface area (Å²) in [5.41, 5.74) is 2.51. The summed E-state index contributed by atoms with van der Waals surface area (Å²) in [6.45, 7) is 0.492. The minimum atomic E-state index is -0.255. The molecule has 0 aliphatic rings. The first-order chi connectivity index (χ1) is 10.1. The third-order valence-electron chi connectivity index (χ3n) is 3.19. The van der Waals surface area contributed by atoms with E-state index in [2.05, 4.69) is 26.2 Å². The summed E-state index contributed by atoms with van der Waals surface area (Å²) in [7, 11) is 0. The molecule has 3 rings (SSSR count). The van der Waals surface area contributed by atoms with Crippen molar-refractivity contribution in [3.05, 3.63) is 69.5 Å². The lowest BCUT2D eigenvalue weighted by Gasteiger charge is -2.11. The molecule has 0 saturated heterocycles. The highest BCUT2D eigenvalue weighted by atomic mass is 79.9. The lowest BCUT2D eigenvalue weighted by Crippen LogP contribution is -2.02. The smallest absolute Gasteiger partial charge is 0.123 e. The molecule has 0 atom stereocenters. The summed E-state index contributed by atoms with van der Waals surface area (Å²) in [5, 5.41) is 4.84. The van der Waals surface area contributed by atoms with Crippen molar-refractivity contribution in [2.24, 2.45) is 0 Å². The van der Waals surface area contributed by atoms with E-state index in [-0.39, 0.29) is 5.82 Å². The van der Waals surface area contributed by atoms with E-state index in [1.807, 2.05) is 24.3 Å². The fourth-order valence-corrected chi connectivity index (χ4v) is 2.75. The van der Waals surface area contributed by atoms with Crippen molar-refractivity contribution in [3.63, 3.8) is 0 Å². The lowest BCUT2D eigenvalue weighted by molar-refractivity contribution is 0.625. The third-order valence-corrected chi connectivity index (χ3v) is 4.30. The van der Waals surface area contributed by atoms with Crippen LogP contribution in [-0.2, 0) is 6.54 Å². The maximum atomic E-state index is 13.3. The Morgan fingerprint density at radius 3 is 2.90 bits per heavy atom. The second-order valence-corrected chi connectivity index (χ2v) is 5.85. The molecule has 5 heteroatoms. The molecule has 0 aliphatic heterocycles. The van der Waals surface area contributed by atoms with Crippen LogP contribution >= 0.6 is 27.5 Å². The third kappa shape index (κ3) is 3.01. The maximum Gasteiger partial charge on any atom is 0.123 e. The van der Waals surface area contributed by atoms with Gasteiger partial charge in [-0.05, 0) is 48.0 Å². The van der Waals surface area contributed by atoms with Crippen LogP contribution in [0.1, 0.15) is 5.56 Å². The fraction of sp³-hybridized carbons (Fsp3) is 0.0625. The van der Waals surface area contributed by atoms with Crippen LogP contribution in [0.2, 0.25) is 5.02 Å². The maximum absolute atomic E-state index is 13.3. The molecule has 0 unspecified atom stereocenters. The van der Waals surface area contributed by atoms with Gasteiger partial charge in [-0.3, -0.25) is 4.98 Å². The summed E-state index contributed by atoms with van der Waals surface area (Å²) >= 11 is 9.59. The van der Waals surface area contributed by atoms with Crippen LogP contribution in [0.25, 0.3) is 10.9 Å². The molecule has 1 heterocycles. The number of hydrogen-bond donors (Lipinski definition) is 1. The average Bonchev–Trinajstić information content (AvgIpc) is 2.50. The van der Waals surface area contributed by atoms with Gasteiger partial charge in [0.2, 0.25) is 0 Å². The average molecular weight is 366 g/mol. The molecule has 106 valence electrons. The van der Waals surface area contributed by atoms with Crippen LogP contribution in [-0.4, -0.2) is 4.98 Å². The zero-order valence-corrected chi connectivity index (χ0v) is 13.2. The van der Waals surface area contributed by atoms with E-state index < -0.39 is 0 Å². The van der Waals surface area contributed by atoms with Crippen molar-refractivity contribution < 1.29 is 4.39 Å². The fourth-order valence-electron chi connectivity index (χ4n) is 2.15. The van der Waals surface area contributed by atoms with Crippen molar-refractivity contribution in [1.82, 2.24) is 4.98 Å². The van der Waals surface area contributed by atoms with Gasteiger partial charge >= 0.3 is 0 Å². The molecule has 21 heavy (non-hydrogen) atoms. The second kappa shape index (κ2) is 6.00. The summed E-state index contributed by atoms with van der Waals surface area (Å²) < 4.78 is 14.2. The van der Waals surface area contributed by atoms with Crippen LogP contribution in [0.15, 0.2) is 53.1 Å². The molecule has 0 fully saturated rings. The normalized spacial score (nSPS) is 10.8. The monoisotopic (exact) mass is 364 g/mol. The Morgan fingerprint density at radius 1 is 1.19 bits per heavy atom. The van der Waals surface area contributed by atoms with Crippen molar-refractivity contribution in [3.8, 4) is 0 Å². The van der Waals surface area contributed by atoms with Gasteiger partial charge in [-0.15, -0.1) is 0 Å². The van der Waals surface area contributed by atoms with Crippen LogP contribution in [0, 0.1) is 5.82 Å². The van der Waals surface area contributed by atoms with Gasteiger partial charge in [0, 0.05) is 22.6 Å². The number of halogens is 3. The number of anilines is 1. The van der Waals surface area contributed by atoms with E-state index in [1.165, 1.54) is 12.1 Å². The molecule has 3 aromatic rings. The van der Waals surface area contributed by atoms with E-state index in [0.717, 1.165) is 26.6 Å². The molecular formula is C16H11BrClFN2. The van der Waals surface area contributed by atoms with Gasteiger partial charge in [0.1, 0.15) is 5.82 Å². The standard InChI is InChI=1S/C16H11BrClFN2/c17-13-4-3-11(19)8-10(13)9-21-15-6-5-14(18)12-2-1-7-20-16(12)15/h1-8,21H,9H2. The Balaban J connectivity index is 1.92. The van der Waals surface area contributed by atoms with Crippen molar-refractivity contribution in [2.75, 3.05) is 5.32 Å². The minimum Gasteiger partial charge on any atom is -0.379 e. The van der Waals surface area contributed by atoms with Gasteiger partial charge in [0.05, 0.1) is 16.2 Å². The van der Waals surface area contributed by atoms with Crippen molar-refractivity contribution >= 4 is 44.1 Å². The number of fused-ring (bicyclic) bond motifs is 1. The number of rotatable bonds is 3. The van der Waals surface area contributed by atoms with Gasteiger partial charge in [-0.1, -0.05) is 27.5 Å². The van der Waals surface area contributed by atoms with Gasteiger partial charge in [-0.25, -0.2) is 4.39 Å². The van der Waals surface area contributed by atoms with Crippen molar-refractivity contribution in [2.45, 2.75) is 6.54 Å². The van der Waals surface area contributed by atoms with E-state index >= 15 is 0 Å². The Labute approximate surface area is 135 Å². The minimum absolute atomic E-state index is 0.255. The Kier molecular flexibility index (Phi) is 4.08. The number of benzene rings is 2. The quantitative estimate of drug-likeness (QED) is 0.672. The van der Waals surface area contributed by atoms with E-state index in [1.54, 1.807) is 12.3 Å². The molecule has 0 bridgehead atoms. The summed E-state index contributed by atoms with van der Waals surface area (Å²) in [5.74, 6) is -0.255. The highest BCUT2D eigenvalue weighted by molar-refractivity contribution is 9.10. The Bertz CT molecular complexity index is 807. The predicted molar refractivity (Wildman–Crippen MR) is 88.2 cm³/mol. The van der Waals surface area contributed by atoms with Gasteiger partial charge < -0.3 is 5.32 Å². The largest absolute Gasteiger partial charge is 0.379 e. The molecule has 0 aliphatic carbocycles. The highest BCUT2D eigenvalue weighted by Crippen LogP contribution is 2.28. The van der Waals surface area contributed by atoms with Crippen LogP contribution in [0.3, 0.4) is 0 Å². The SMILES string of the molecule is Fc1ccc(Br)c(CNc2ccc(Cl)c3cccnc23)c1. The zero-order chi connectivity index (χ0) is 14.8. The van der Waals surface area contributed by atoms with Crippen molar-refractivity contribution in [1.29, 1.82) is 0 Å². The van der Waals surface area contributed by atoms with E-state index in [4.69, 9.17) is 11.6 Å². The van der Waals surface area contributed by atoms with Crippen LogP contribution in [0.4, 0.5) is 10.1 Å². The molecule has 0 amide bonds. The van der Waals surface area contributed by atoms with Crippen LogP contribution in [0.5, 0.6) is 0 Å². The van der Waals surface area contributed by atoms with Crippen LogP contribution < -0.4 is 5.32 Å². The first kappa shape index (κ1) is 14.3. The lowest BCUT2D eigenvalue weighted by atomic mass is 10.1. The number of aromatic nitrogens is 1.